The average Bonchev–Trinajstić information content (AvgIpc) is 2.78. The molecule has 1 amide bonds. The van der Waals surface area contributed by atoms with E-state index in [1.807, 2.05) is 0 Å². The Kier molecular flexibility index (Phi) is 8.55. The quantitative estimate of drug-likeness (QED) is 0.809. The number of carbonyl (C=O) groups excluding carboxylic acids is 1. The Morgan fingerprint density at radius 3 is 2.72 bits per heavy atom. The molecule has 1 aromatic carbocycles. The Bertz CT molecular complexity index is 722. The molecule has 0 aromatic heterocycles. The fourth-order valence-electron chi connectivity index (χ4n) is 2.73. The highest BCUT2D eigenvalue weighted by Gasteiger charge is 2.19. The highest BCUT2D eigenvalue weighted by Crippen LogP contribution is 2.19. The van der Waals surface area contributed by atoms with Crippen molar-refractivity contribution in [2.45, 2.75) is 37.1 Å². The van der Waals surface area contributed by atoms with E-state index in [-0.39, 0.29) is 41.7 Å². The van der Waals surface area contributed by atoms with Gasteiger partial charge in [-0.3, -0.25) is 4.79 Å². The van der Waals surface area contributed by atoms with Crippen LogP contribution in [0.25, 0.3) is 0 Å². The van der Waals surface area contributed by atoms with Gasteiger partial charge in [0, 0.05) is 26.1 Å². The Morgan fingerprint density at radius 1 is 1.28 bits per heavy atom. The molecule has 0 atom stereocenters. The average molecular weight is 391 g/mol. The summed E-state index contributed by atoms with van der Waals surface area (Å²) in [5, 5.41) is 0. The molecule has 0 radical (unpaired) electrons. The first-order chi connectivity index (χ1) is 11.5. The number of rotatable bonds is 6. The van der Waals surface area contributed by atoms with Crippen LogP contribution in [0.4, 0.5) is 4.39 Å². The normalized spacial score (nSPS) is 16.3. The number of nitrogens with two attached hydrogens (primary N) is 1. The summed E-state index contributed by atoms with van der Waals surface area (Å²) < 4.78 is 37.4. The number of sulfone groups is 1. The fraction of sp³-hybridized carbons (Fsp3) is 0.471. The largest absolute Gasteiger partial charge is 0.338 e. The molecule has 1 aliphatic rings. The maximum Gasteiger partial charge on any atom is 0.222 e. The minimum Gasteiger partial charge on any atom is -0.338 e. The predicted molar refractivity (Wildman–Crippen MR) is 97.9 cm³/mol. The smallest absolute Gasteiger partial charge is 0.222 e. The summed E-state index contributed by atoms with van der Waals surface area (Å²) in [7, 11) is -3.66. The second-order valence-electron chi connectivity index (χ2n) is 6.00. The summed E-state index contributed by atoms with van der Waals surface area (Å²) in [6.07, 6.45) is 3.69. The number of hydrogen-bond donors (Lipinski definition) is 1. The van der Waals surface area contributed by atoms with Gasteiger partial charge in [0.1, 0.15) is 0 Å². The lowest BCUT2D eigenvalue weighted by Gasteiger charge is -2.20. The first kappa shape index (κ1) is 21.6. The predicted octanol–water partition coefficient (Wildman–Crippen LogP) is 2.60. The molecule has 25 heavy (non-hydrogen) atoms. The molecule has 2 N–H and O–H groups in total. The number of likely N-dealkylation sites (tertiary alicyclic amines) is 1. The minimum atomic E-state index is -3.66. The monoisotopic (exact) mass is 390 g/mol. The van der Waals surface area contributed by atoms with Crippen LogP contribution in [0.3, 0.4) is 0 Å². The van der Waals surface area contributed by atoms with Gasteiger partial charge in [0.2, 0.25) is 5.91 Å². The van der Waals surface area contributed by atoms with Crippen LogP contribution in [0.5, 0.6) is 0 Å². The highest BCUT2D eigenvalue weighted by atomic mass is 35.5. The van der Waals surface area contributed by atoms with Gasteiger partial charge in [-0.2, -0.15) is 0 Å². The van der Waals surface area contributed by atoms with E-state index in [1.165, 1.54) is 6.07 Å². The number of amides is 1. The van der Waals surface area contributed by atoms with E-state index in [2.05, 4.69) is 0 Å². The Hall–Kier alpha value is -1.44. The van der Waals surface area contributed by atoms with Crippen molar-refractivity contribution in [3.63, 3.8) is 0 Å². The zero-order valence-corrected chi connectivity index (χ0v) is 15.6. The second-order valence-corrected chi connectivity index (χ2v) is 7.99. The van der Waals surface area contributed by atoms with Crippen molar-refractivity contribution in [3.8, 4) is 0 Å². The number of benzene rings is 1. The summed E-state index contributed by atoms with van der Waals surface area (Å²) in [5.74, 6) is -0.335. The van der Waals surface area contributed by atoms with Crippen LogP contribution in [-0.2, 0) is 21.2 Å². The standard InChI is InChI=1S/C17H23FN2O3S.ClH/c18-10-15(11-19)13-24(22,23)16-6-4-5-14(9-16)12-20-8-3-1-2-7-17(20)21;/h4-6,9-10H,1-3,7-8,11-13,19H2;1H/b15-10+;. The molecule has 1 aromatic rings. The third-order valence-electron chi connectivity index (χ3n) is 4.09. The van der Waals surface area contributed by atoms with Crippen LogP contribution < -0.4 is 5.73 Å². The maximum absolute atomic E-state index is 12.6. The first-order valence-electron chi connectivity index (χ1n) is 8.04. The molecule has 0 spiro atoms. The van der Waals surface area contributed by atoms with Gasteiger partial charge < -0.3 is 10.6 Å². The number of halogens is 2. The highest BCUT2D eigenvalue weighted by molar-refractivity contribution is 7.91. The first-order valence-corrected chi connectivity index (χ1v) is 9.69. The molecule has 1 fully saturated rings. The van der Waals surface area contributed by atoms with Gasteiger partial charge in [-0.1, -0.05) is 18.6 Å². The summed E-state index contributed by atoms with van der Waals surface area (Å²) in [5.41, 5.74) is 6.12. The zero-order chi connectivity index (χ0) is 17.6. The molecule has 1 saturated heterocycles. The van der Waals surface area contributed by atoms with E-state index in [0.29, 0.717) is 19.5 Å². The third-order valence-corrected chi connectivity index (χ3v) is 5.82. The summed E-state index contributed by atoms with van der Waals surface area (Å²) >= 11 is 0. The van der Waals surface area contributed by atoms with Crippen LogP contribution in [0.15, 0.2) is 41.1 Å². The maximum atomic E-state index is 12.6. The van der Waals surface area contributed by atoms with Crippen LogP contribution in [-0.4, -0.2) is 38.1 Å². The molecule has 0 bridgehead atoms. The van der Waals surface area contributed by atoms with E-state index >= 15 is 0 Å². The van der Waals surface area contributed by atoms with Gasteiger partial charge in [-0.25, -0.2) is 12.8 Å². The van der Waals surface area contributed by atoms with Crippen LogP contribution >= 0.6 is 12.4 Å². The van der Waals surface area contributed by atoms with Crippen LogP contribution in [0.2, 0.25) is 0 Å². The summed E-state index contributed by atoms with van der Waals surface area (Å²) in [4.78, 5) is 14.0. The summed E-state index contributed by atoms with van der Waals surface area (Å²) in [6.45, 7) is 0.945. The van der Waals surface area contributed by atoms with Crippen molar-refractivity contribution in [2.75, 3.05) is 18.8 Å². The van der Waals surface area contributed by atoms with Gasteiger partial charge in [0.15, 0.2) is 9.84 Å². The van der Waals surface area contributed by atoms with Crippen molar-refractivity contribution in [2.24, 2.45) is 5.73 Å². The van der Waals surface area contributed by atoms with Crippen molar-refractivity contribution < 1.29 is 17.6 Å². The van der Waals surface area contributed by atoms with Crippen LogP contribution in [0, 0.1) is 0 Å². The van der Waals surface area contributed by atoms with E-state index in [0.717, 1.165) is 24.8 Å². The summed E-state index contributed by atoms with van der Waals surface area (Å²) in [6, 6.07) is 6.48. The molecule has 0 aliphatic carbocycles. The van der Waals surface area contributed by atoms with Gasteiger partial charge in [0.25, 0.3) is 0 Å². The topological polar surface area (TPSA) is 80.5 Å². The number of nitrogens with zero attached hydrogens (tertiary/aromatic N) is 1. The molecule has 5 nitrogen and oxygen atoms in total. The zero-order valence-electron chi connectivity index (χ0n) is 14.0. The van der Waals surface area contributed by atoms with Gasteiger partial charge in [-0.05, 0) is 36.1 Å². The van der Waals surface area contributed by atoms with Crippen molar-refractivity contribution in [1.82, 2.24) is 4.90 Å². The van der Waals surface area contributed by atoms with Crippen LogP contribution in [0.1, 0.15) is 31.2 Å². The van der Waals surface area contributed by atoms with E-state index in [9.17, 15) is 17.6 Å². The van der Waals surface area contributed by atoms with Crippen molar-refractivity contribution in [1.29, 1.82) is 0 Å². The molecule has 0 saturated carbocycles. The lowest BCUT2D eigenvalue weighted by atomic mass is 10.2. The Morgan fingerprint density at radius 2 is 2.04 bits per heavy atom. The van der Waals surface area contributed by atoms with Gasteiger partial charge >= 0.3 is 0 Å². The lowest BCUT2D eigenvalue weighted by Crippen LogP contribution is -2.29. The molecule has 8 heteroatoms. The molecule has 1 heterocycles. The second kappa shape index (κ2) is 9.89. The molecular formula is C17H24ClFN2O3S. The number of carbonyl (C=O) groups is 1. The SMILES string of the molecule is Cl.NC/C(=C\F)CS(=O)(=O)c1cccc(CN2CCCCCC2=O)c1. The minimum absolute atomic E-state index is 0. The Labute approximate surface area is 154 Å². The van der Waals surface area contributed by atoms with Gasteiger partial charge in [-0.15, -0.1) is 12.4 Å². The number of hydrogen-bond acceptors (Lipinski definition) is 4. The van der Waals surface area contributed by atoms with Crippen molar-refractivity contribution in [3.05, 3.63) is 41.7 Å². The Balaban J connectivity index is 0.00000312. The molecule has 2 rings (SSSR count). The van der Waals surface area contributed by atoms with E-state index < -0.39 is 15.6 Å². The molecule has 140 valence electrons. The van der Waals surface area contributed by atoms with Gasteiger partial charge in [0.05, 0.1) is 17.0 Å². The lowest BCUT2D eigenvalue weighted by molar-refractivity contribution is -0.131. The van der Waals surface area contributed by atoms with E-state index in [1.54, 1.807) is 23.1 Å². The molecule has 0 unspecified atom stereocenters. The molecular weight excluding hydrogens is 367 g/mol. The molecule has 1 aliphatic heterocycles. The third kappa shape index (κ3) is 6.09. The van der Waals surface area contributed by atoms with Crippen molar-refractivity contribution >= 4 is 28.2 Å². The van der Waals surface area contributed by atoms with E-state index in [4.69, 9.17) is 5.73 Å². The fourth-order valence-corrected chi connectivity index (χ4v) is 4.18.